The minimum Gasteiger partial charge on any atom is -0.280 e. The minimum atomic E-state index is -3.59. The van der Waals surface area contributed by atoms with E-state index in [0.29, 0.717) is 12.8 Å². The average molecular weight is 297 g/mol. The van der Waals surface area contributed by atoms with Crippen LogP contribution in [0.4, 0.5) is 10.1 Å². The summed E-state index contributed by atoms with van der Waals surface area (Å²) in [5, 5.41) is -0.540. The van der Waals surface area contributed by atoms with E-state index in [2.05, 4.69) is 4.72 Å². The number of anilines is 1. The number of hydrogen-bond donors (Lipinski definition) is 1. The first-order valence-corrected chi connectivity index (χ1v) is 8.45. The zero-order valence-electron chi connectivity index (χ0n) is 11.8. The van der Waals surface area contributed by atoms with Gasteiger partial charge in [0.15, 0.2) is 0 Å². The van der Waals surface area contributed by atoms with Crippen molar-refractivity contribution in [3.63, 3.8) is 0 Å². The van der Waals surface area contributed by atoms with Crippen molar-refractivity contribution in [2.24, 2.45) is 0 Å². The lowest BCUT2D eigenvalue weighted by Crippen LogP contribution is -2.31. The molecule has 1 aromatic rings. The van der Waals surface area contributed by atoms with Crippen LogP contribution in [0.1, 0.15) is 38.2 Å². The van der Waals surface area contributed by atoms with E-state index in [0.717, 1.165) is 24.0 Å². The van der Waals surface area contributed by atoms with Gasteiger partial charge in [0.1, 0.15) is 11.1 Å². The van der Waals surface area contributed by atoms with Crippen molar-refractivity contribution in [3.8, 4) is 0 Å². The van der Waals surface area contributed by atoms with Crippen LogP contribution < -0.4 is 4.72 Å². The lowest BCUT2D eigenvalue weighted by molar-refractivity contribution is 0.572. The first kappa shape index (κ1) is 15.0. The number of rotatable bonds is 4. The standard InChI is InChI=1S/C15H20FNO2S/c1-3-12-6-4-5-7-15(12)20(18,19)17-14-9-8-11(2)10-13(14)16/h6,8-10,15,17H,3-5,7H2,1-2H3. The molecule has 0 saturated carbocycles. The molecule has 0 fully saturated rings. The van der Waals surface area contributed by atoms with Gasteiger partial charge < -0.3 is 0 Å². The van der Waals surface area contributed by atoms with Crippen LogP contribution >= 0.6 is 0 Å². The molecule has 0 heterocycles. The fourth-order valence-electron chi connectivity index (χ4n) is 2.56. The molecule has 1 aliphatic carbocycles. The van der Waals surface area contributed by atoms with E-state index in [4.69, 9.17) is 0 Å². The van der Waals surface area contributed by atoms with Crippen molar-refractivity contribution in [2.45, 2.75) is 44.8 Å². The van der Waals surface area contributed by atoms with E-state index in [1.54, 1.807) is 13.0 Å². The maximum atomic E-state index is 13.8. The lowest BCUT2D eigenvalue weighted by Gasteiger charge is -2.24. The Bertz CT molecular complexity index is 623. The van der Waals surface area contributed by atoms with Crippen LogP contribution in [0.25, 0.3) is 0 Å². The molecule has 5 heteroatoms. The summed E-state index contributed by atoms with van der Waals surface area (Å²) in [6, 6.07) is 4.49. The molecule has 3 nitrogen and oxygen atoms in total. The van der Waals surface area contributed by atoms with E-state index in [1.807, 2.05) is 13.0 Å². The molecule has 0 radical (unpaired) electrons. The van der Waals surface area contributed by atoms with E-state index < -0.39 is 21.1 Å². The first-order valence-electron chi connectivity index (χ1n) is 6.90. The smallest absolute Gasteiger partial charge is 0.239 e. The predicted octanol–water partition coefficient (Wildman–Crippen LogP) is 3.76. The molecule has 1 aliphatic rings. The Kier molecular flexibility index (Phi) is 4.48. The van der Waals surface area contributed by atoms with Gasteiger partial charge in [0.25, 0.3) is 0 Å². The highest BCUT2D eigenvalue weighted by molar-refractivity contribution is 7.93. The number of hydrogen-bond acceptors (Lipinski definition) is 2. The van der Waals surface area contributed by atoms with Crippen LogP contribution in [-0.2, 0) is 10.0 Å². The quantitative estimate of drug-likeness (QED) is 0.860. The Morgan fingerprint density at radius 2 is 2.15 bits per heavy atom. The summed E-state index contributed by atoms with van der Waals surface area (Å²) in [6.45, 7) is 3.71. The molecule has 0 bridgehead atoms. The second-order valence-electron chi connectivity index (χ2n) is 5.18. The Hall–Kier alpha value is -1.36. The van der Waals surface area contributed by atoms with Gasteiger partial charge in [-0.1, -0.05) is 24.6 Å². The summed E-state index contributed by atoms with van der Waals surface area (Å²) in [5.74, 6) is -0.536. The molecular formula is C15H20FNO2S. The number of halogens is 1. The molecule has 0 spiro atoms. The largest absolute Gasteiger partial charge is 0.280 e. The summed E-state index contributed by atoms with van der Waals surface area (Å²) in [4.78, 5) is 0. The molecule has 0 saturated heterocycles. The average Bonchev–Trinajstić information content (AvgIpc) is 2.42. The minimum absolute atomic E-state index is 0.0247. The van der Waals surface area contributed by atoms with Crippen LogP contribution in [0.2, 0.25) is 0 Å². The SMILES string of the molecule is CCC1=CCCCC1S(=O)(=O)Nc1ccc(C)cc1F. The second kappa shape index (κ2) is 5.95. The van der Waals surface area contributed by atoms with Crippen LogP contribution in [0.3, 0.4) is 0 Å². The van der Waals surface area contributed by atoms with Gasteiger partial charge in [0.05, 0.1) is 5.69 Å². The van der Waals surface area contributed by atoms with Gasteiger partial charge in [-0.2, -0.15) is 0 Å². The van der Waals surface area contributed by atoms with Crippen molar-refractivity contribution in [1.82, 2.24) is 0 Å². The third-order valence-corrected chi connectivity index (χ3v) is 5.44. The molecule has 0 amide bonds. The van der Waals surface area contributed by atoms with Crippen molar-refractivity contribution in [3.05, 3.63) is 41.2 Å². The summed E-state index contributed by atoms with van der Waals surface area (Å²) in [5.41, 5.74) is 1.71. The second-order valence-corrected chi connectivity index (χ2v) is 7.05. The number of sulfonamides is 1. The molecule has 1 unspecified atom stereocenters. The van der Waals surface area contributed by atoms with Crippen molar-refractivity contribution >= 4 is 15.7 Å². The molecule has 110 valence electrons. The van der Waals surface area contributed by atoms with Crippen molar-refractivity contribution < 1.29 is 12.8 Å². The van der Waals surface area contributed by atoms with Gasteiger partial charge in [0, 0.05) is 0 Å². The zero-order chi connectivity index (χ0) is 14.8. The Morgan fingerprint density at radius 3 is 2.80 bits per heavy atom. The maximum Gasteiger partial charge on any atom is 0.239 e. The Balaban J connectivity index is 2.27. The van der Waals surface area contributed by atoms with Crippen LogP contribution in [-0.4, -0.2) is 13.7 Å². The number of allylic oxidation sites excluding steroid dienone is 1. The molecular weight excluding hydrogens is 277 g/mol. The molecule has 1 atom stereocenters. The van der Waals surface area contributed by atoms with E-state index in [1.165, 1.54) is 12.1 Å². The van der Waals surface area contributed by atoms with Gasteiger partial charge in [-0.25, -0.2) is 12.8 Å². The number of nitrogens with one attached hydrogen (secondary N) is 1. The predicted molar refractivity (Wildman–Crippen MR) is 79.7 cm³/mol. The third kappa shape index (κ3) is 3.20. The molecule has 20 heavy (non-hydrogen) atoms. The van der Waals surface area contributed by atoms with Crippen LogP contribution in [0, 0.1) is 12.7 Å². The fraction of sp³-hybridized carbons (Fsp3) is 0.467. The van der Waals surface area contributed by atoms with E-state index in [-0.39, 0.29) is 5.69 Å². The molecule has 2 rings (SSSR count). The third-order valence-electron chi connectivity index (χ3n) is 3.65. The van der Waals surface area contributed by atoms with E-state index in [9.17, 15) is 12.8 Å². The fourth-order valence-corrected chi connectivity index (χ4v) is 4.31. The first-order chi connectivity index (χ1) is 9.44. The van der Waals surface area contributed by atoms with Gasteiger partial charge in [-0.05, 0) is 50.3 Å². The summed E-state index contributed by atoms with van der Waals surface area (Å²) in [7, 11) is -3.59. The van der Waals surface area contributed by atoms with Gasteiger partial charge >= 0.3 is 0 Å². The lowest BCUT2D eigenvalue weighted by atomic mass is 9.97. The highest BCUT2D eigenvalue weighted by Crippen LogP contribution is 2.28. The molecule has 0 aliphatic heterocycles. The zero-order valence-corrected chi connectivity index (χ0v) is 12.6. The summed E-state index contributed by atoms with van der Waals surface area (Å²) < 4.78 is 41.1. The molecule has 0 aromatic heterocycles. The number of aryl methyl sites for hydroxylation is 1. The monoisotopic (exact) mass is 297 g/mol. The Labute approximate surface area is 119 Å². The van der Waals surface area contributed by atoms with Gasteiger partial charge in [-0.3, -0.25) is 4.72 Å². The topological polar surface area (TPSA) is 46.2 Å². The van der Waals surface area contributed by atoms with Crippen molar-refractivity contribution in [1.29, 1.82) is 0 Å². The maximum absolute atomic E-state index is 13.8. The summed E-state index contributed by atoms with van der Waals surface area (Å²) in [6.07, 6.45) is 5.09. The summed E-state index contributed by atoms with van der Waals surface area (Å²) >= 11 is 0. The molecule has 1 aromatic carbocycles. The van der Waals surface area contributed by atoms with E-state index >= 15 is 0 Å². The normalized spacial score (nSPS) is 19.6. The van der Waals surface area contributed by atoms with Crippen LogP contribution in [0.15, 0.2) is 29.8 Å². The molecule has 1 N–H and O–H groups in total. The van der Waals surface area contributed by atoms with Gasteiger partial charge in [0.2, 0.25) is 10.0 Å². The highest BCUT2D eigenvalue weighted by atomic mass is 32.2. The van der Waals surface area contributed by atoms with Crippen LogP contribution in [0.5, 0.6) is 0 Å². The Morgan fingerprint density at radius 1 is 1.40 bits per heavy atom. The van der Waals surface area contributed by atoms with Gasteiger partial charge in [-0.15, -0.1) is 0 Å². The number of benzene rings is 1. The van der Waals surface area contributed by atoms with Crippen molar-refractivity contribution in [2.75, 3.05) is 4.72 Å². The highest BCUT2D eigenvalue weighted by Gasteiger charge is 2.30.